The first-order valence-corrected chi connectivity index (χ1v) is 11.8. The fourth-order valence-corrected chi connectivity index (χ4v) is 4.09. The summed E-state index contributed by atoms with van der Waals surface area (Å²) in [5.41, 5.74) is 1.54. The van der Waals surface area contributed by atoms with Gasteiger partial charge in [0.2, 0.25) is 0 Å². The summed E-state index contributed by atoms with van der Waals surface area (Å²) in [6.45, 7) is 5.33. The van der Waals surface area contributed by atoms with Crippen LogP contribution in [0.5, 0.6) is 0 Å². The predicted molar refractivity (Wildman–Crippen MR) is 133 cm³/mol. The van der Waals surface area contributed by atoms with Crippen LogP contribution < -0.4 is 10.2 Å². The van der Waals surface area contributed by atoms with Gasteiger partial charge in [-0.1, -0.05) is 0 Å². The molecule has 2 aromatic heterocycles. The minimum Gasteiger partial charge on any atom is -0.387 e. The molecule has 0 aliphatic carbocycles. The van der Waals surface area contributed by atoms with Crippen LogP contribution >= 0.6 is 0 Å². The summed E-state index contributed by atoms with van der Waals surface area (Å²) in [7, 11) is 1.71. The summed E-state index contributed by atoms with van der Waals surface area (Å²) in [5, 5.41) is 17.1. The number of fused-ring (bicyclic) bond motifs is 1. The number of benzene rings is 1. The SMILES string of the molecule is CN(Cc1cc(NC(=O)c2cnn3cccnc23)c(N2CCOCC2)cc1C=O)CC(F)C(C)(C)O. The molecule has 1 aliphatic heterocycles. The van der Waals surface area contributed by atoms with Gasteiger partial charge < -0.3 is 20.1 Å². The smallest absolute Gasteiger partial charge is 0.261 e. The molecule has 36 heavy (non-hydrogen) atoms. The van der Waals surface area contributed by atoms with Gasteiger partial charge in [-0.05, 0) is 44.7 Å². The summed E-state index contributed by atoms with van der Waals surface area (Å²) in [4.78, 5) is 33.3. The van der Waals surface area contributed by atoms with Crippen LogP contribution in [0.25, 0.3) is 5.65 Å². The first kappa shape index (κ1) is 25.7. The van der Waals surface area contributed by atoms with Crippen molar-refractivity contribution >= 4 is 29.2 Å². The van der Waals surface area contributed by atoms with Crippen molar-refractivity contribution in [1.29, 1.82) is 0 Å². The van der Waals surface area contributed by atoms with Crippen molar-refractivity contribution in [2.45, 2.75) is 32.2 Å². The number of halogens is 1. The van der Waals surface area contributed by atoms with E-state index >= 15 is 0 Å². The van der Waals surface area contributed by atoms with Gasteiger partial charge in [-0.25, -0.2) is 13.9 Å². The van der Waals surface area contributed by atoms with Crippen molar-refractivity contribution in [1.82, 2.24) is 19.5 Å². The van der Waals surface area contributed by atoms with Crippen LogP contribution in [0.2, 0.25) is 0 Å². The molecule has 1 saturated heterocycles. The number of nitrogens with one attached hydrogen (secondary N) is 1. The van der Waals surface area contributed by atoms with E-state index in [9.17, 15) is 19.1 Å². The van der Waals surface area contributed by atoms with Gasteiger partial charge in [0, 0.05) is 44.1 Å². The first-order valence-electron chi connectivity index (χ1n) is 11.8. The molecule has 4 rings (SSSR count). The Balaban J connectivity index is 1.67. The van der Waals surface area contributed by atoms with E-state index in [1.807, 2.05) is 0 Å². The zero-order chi connectivity index (χ0) is 25.9. The molecule has 0 spiro atoms. The maximum absolute atomic E-state index is 14.4. The highest BCUT2D eigenvalue weighted by Gasteiger charge is 2.28. The quantitative estimate of drug-likeness (QED) is 0.432. The van der Waals surface area contributed by atoms with Crippen molar-refractivity contribution in [3.63, 3.8) is 0 Å². The molecular formula is C25H31FN6O4. The van der Waals surface area contributed by atoms with E-state index in [-0.39, 0.29) is 19.0 Å². The van der Waals surface area contributed by atoms with Crippen LogP contribution in [0.15, 0.2) is 36.8 Å². The number of alkyl halides is 1. The number of anilines is 2. The third kappa shape index (κ3) is 5.69. The Hall–Kier alpha value is -3.41. The molecule has 1 amide bonds. The molecule has 0 radical (unpaired) electrons. The van der Waals surface area contributed by atoms with E-state index in [1.165, 1.54) is 24.6 Å². The van der Waals surface area contributed by atoms with E-state index < -0.39 is 11.8 Å². The van der Waals surface area contributed by atoms with E-state index in [0.29, 0.717) is 60.0 Å². The van der Waals surface area contributed by atoms with Crippen LogP contribution in [0.4, 0.5) is 15.8 Å². The maximum Gasteiger partial charge on any atom is 0.261 e. The highest BCUT2D eigenvalue weighted by molar-refractivity contribution is 6.09. The van der Waals surface area contributed by atoms with Gasteiger partial charge in [0.25, 0.3) is 5.91 Å². The number of ether oxygens (including phenoxy) is 1. The molecule has 3 aromatic rings. The molecule has 1 aromatic carbocycles. The zero-order valence-electron chi connectivity index (χ0n) is 20.6. The fourth-order valence-electron chi connectivity index (χ4n) is 4.09. The third-order valence-electron chi connectivity index (χ3n) is 6.19. The van der Waals surface area contributed by atoms with Crippen LogP contribution in [0, 0.1) is 0 Å². The van der Waals surface area contributed by atoms with Crippen LogP contribution in [0.1, 0.15) is 40.1 Å². The molecule has 192 valence electrons. The molecule has 10 nitrogen and oxygen atoms in total. The van der Waals surface area contributed by atoms with Gasteiger partial charge in [0.1, 0.15) is 18.0 Å². The number of hydrogen-bond donors (Lipinski definition) is 2. The topological polar surface area (TPSA) is 112 Å². The lowest BCUT2D eigenvalue weighted by Gasteiger charge is -2.32. The Morgan fingerprint density at radius 3 is 2.81 bits per heavy atom. The summed E-state index contributed by atoms with van der Waals surface area (Å²) in [6, 6.07) is 5.22. The standard InChI is InChI=1S/C25H31FN6O4/c1-25(2,35)22(26)15-30(3)14-17-11-20(21(12-18(17)16-33)31-7-9-36-10-8-31)29-24(34)19-13-28-32-6-4-5-27-23(19)32/h4-6,11-13,16,22,35H,7-10,14-15H2,1-3H3,(H,29,34). The lowest BCUT2D eigenvalue weighted by atomic mass is 10.0. The molecule has 11 heteroatoms. The van der Waals surface area contributed by atoms with Gasteiger partial charge in [-0.3, -0.25) is 14.5 Å². The molecule has 1 fully saturated rings. The van der Waals surface area contributed by atoms with Gasteiger partial charge in [-0.15, -0.1) is 0 Å². The van der Waals surface area contributed by atoms with E-state index in [0.717, 1.165) is 6.29 Å². The largest absolute Gasteiger partial charge is 0.387 e. The molecule has 1 aliphatic rings. The molecule has 1 atom stereocenters. The highest BCUT2D eigenvalue weighted by Crippen LogP contribution is 2.32. The van der Waals surface area contributed by atoms with Gasteiger partial charge in [-0.2, -0.15) is 5.10 Å². The van der Waals surface area contributed by atoms with Crippen molar-refractivity contribution in [3.8, 4) is 0 Å². The lowest BCUT2D eigenvalue weighted by Crippen LogP contribution is -2.40. The molecule has 0 bridgehead atoms. The number of rotatable bonds is 9. The second kappa shape index (κ2) is 10.7. The summed E-state index contributed by atoms with van der Waals surface area (Å²) >= 11 is 0. The van der Waals surface area contributed by atoms with Crippen molar-refractivity contribution in [2.24, 2.45) is 0 Å². The number of morpholine rings is 1. The van der Waals surface area contributed by atoms with Crippen LogP contribution in [-0.2, 0) is 11.3 Å². The van der Waals surface area contributed by atoms with E-state index in [2.05, 4.69) is 20.3 Å². The Morgan fingerprint density at radius 2 is 2.11 bits per heavy atom. The average Bonchev–Trinajstić information content (AvgIpc) is 3.28. The summed E-state index contributed by atoms with van der Waals surface area (Å²) in [5.74, 6) is -0.387. The van der Waals surface area contributed by atoms with Gasteiger partial charge in [0.15, 0.2) is 5.65 Å². The van der Waals surface area contributed by atoms with Crippen LogP contribution in [-0.4, -0.2) is 88.5 Å². The fraction of sp³-hybridized carbons (Fsp3) is 0.440. The van der Waals surface area contributed by atoms with Gasteiger partial charge in [0.05, 0.1) is 36.4 Å². The number of aliphatic hydroxyl groups is 1. The molecule has 3 heterocycles. The second-order valence-electron chi connectivity index (χ2n) is 9.50. The monoisotopic (exact) mass is 498 g/mol. The second-order valence-corrected chi connectivity index (χ2v) is 9.50. The molecule has 0 saturated carbocycles. The zero-order valence-corrected chi connectivity index (χ0v) is 20.6. The van der Waals surface area contributed by atoms with Gasteiger partial charge >= 0.3 is 0 Å². The Kier molecular flexibility index (Phi) is 7.62. The first-order chi connectivity index (χ1) is 17.2. The lowest BCUT2D eigenvalue weighted by molar-refractivity contribution is -0.0163. The number of carbonyl (C=O) groups excluding carboxylic acids is 2. The van der Waals surface area contributed by atoms with Crippen molar-refractivity contribution in [2.75, 3.05) is 50.1 Å². The number of aromatic nitrogens is 3. The number of nitrogens with zero attached hydrogens (tertiary/aromatic N) is 5. The Labute approximate surface area is 208 Å². The summed E-state index contributed by atoms with van der Waals surface area (Å²) < 4.78 is 21.4. The molecular weight excluding hydrogens is 467 g/mol. The predicted octanol–water partition coefficient (Wildman–Crippen LogP) is 2.17. The Morgan fingerprint density at radius 1 is 1.36 bits per heavy atom. The van der Waals surface area contributed by atoms with Crippen molar-refractivity contribution in [3.05, 3.63) is 53.5 Å². The van der Waals surface area contributed by atoms with E-state index in [1.54, 1.807) is 42.5 Å². The van der Waals surface area contributed by atoms with Crippen molar-refractivity contribution < 1.29 is 23.8 Å². The number of aldehydes is 1. The maximum atomic E-state index is 14.4. The Bertz CT molecular complexity index is 1240. The minimum absolute atomic E-state index is 0.0250. The van der Waals surface area contributed by atoms with E-state index in [4.69, 9.17) is 4.74 Å². The third-order valence-corrected chi connectivity index (χ3v) is 6.19. The minimum atomic E-state index is -1.48. The summed E-state index contributed by atoms with van der Waals surface area (Å²) in [6.07, 6.45) is 4.04. The average molecular weight is 499 g/mol. The normalized spacial score (nSPS) is 15.3. The number of hydrogen-bond acceptors (Lipinski definition) is 8. The highest BCUT2D eigenvalue weighted by atomic mass is 19.1. The number of carbonyl (C=O) groups is 2. The number of amides is 1. The molecule has 1 unspecified atom stereocenters. The molecule has 2 N–H and O–H groups in total. The van der Waals surface area contributed by atoms with Crippen LogP contribution in [0.3, 0.4) is 0 Å².